The second-order valence-electron chi connectivity index (χ2n) is 15.2. The standard InChI is InChI=1S/C39H68N10O6/c1-6-8-9-14-18-32-26(4)39(54)49(5)31(15-7-2)37(52)48-34(27-16-12-10-11-13-17-27)38(53)46-29(21-41)35(50)47-30(36(51)45-25(3)23-55-32)22-42-33-19-28(20-40)43-24-44-33/h19,24-27,29-32,34H,6-18,20-23,40-41H2,1-5H3,(H,45,51)(H,46,53)(H,47,50)(H,48,52)(H,42,43,44)/t25-,26-,29+,30+,31+,32-,34+/m1/s1. The molecule has 5 amide bonds. The van der Waals surface area contributed by atoms with E-state index in [-0.39, 0.29) is 38.1 Å². The Morgan fingerprint density at radius 2 is 1.51 bits per heavy atom. The van der Waals surface area contributed by atoms with Crippen LogP contribution in [0.25, 0.3) is 0 Å². The second kappa shape index (κ2) is 23.9. The molecule has 1 aromatic rings. The molecule has 7 atom stereocenters. The average Bonchev–Trinajstić information content (AvgIpc) is 3.47. The number of amides is 5. The molecule has 0 unspecified atom stereocenters. The number of likely N-dealkylation sites (N-methyl/N-ethyl adjacent to an activating group) is 1. The maximum Gasteiger partial charge on any atom is 0.244 e. The van der Waals surface area contributed by atoms with Crippen molar-refractivity contribution in [1.82, 2.24) is 36.1 Å². The van der Waals surface area contributed by atoms with Crippen molar-refractivity contribution in [3.05, 3.63) is 18.1 Å². The first-order valence-electron chi connectivity index (χ1n) is 20.5. The van der Waals surface area contributed by atoms with Crippen molar-refractivity contribution in [3.63, 3.8) is 0 Å². The number of anilines is 1. The molecular weight excluding hydrogens is 704 g/mol. The van der Waals surface area contributed by atoms with Crippen molar-refractivity contribution in [1.29, 1.82) is 0 Å². The fourth-order valence-electron chi connectivity index (χ4n) is 7.39. The van der Waals surface area contributed by atoms with Crippen LogP contribution in [0, 0.1) is 11.8 Å². The molecule has 2 fully saturated rings. The predicted molar refractivity (Wildman–Crippen MR) is 211 cm³/mol. The number of aromatic nitrogens is 2. The van der Waals surface area contributed by atoms with Crippen LogP contribution in [-0.2, 0) is 35.3 Å². The molecule has 16 nitrogen and oxygen atoms in total. The molecule has 55 heavy (non-hydrogen) atoms. The van der Waals surface area contributed by atoms with Gasteiger partial charge in [-0.25, -0.2) is 9.97 Å². The number of rotatable bonds is 13. The number of carbonyl (C=O) groups excluding carboxylic acids is 5. The summed E-state index contributed by atoms with van der Waals surface area (Å²) in [7, 11) is 1.64. The van der Waals surface area contributed by atoms with E-state index in [1.807, 2.05) is 13.8 Å². The second-order valence-corrected chi connectivity index (χ2v) is 15.2. The van der Waals surface area contributed by atoms with E-state index in [2.05, 4.69) is 43.5 Å². The molecule has 16 heteroatoms. The summed E-state index contributed by atoms with van der Waals surface area (Å²) in [5, 5.41) is 14.6. The Morgan fingerprint density at radius 3 is 2.16 bits per heavy atom. The lowest BCUT2D eigenvalue weighted by Crippen LogP contribution is -2.62. The van der Waals surface area contributed by atoms with Gasteiger partial charge in [-0.1, -0.05) is 78.6 Å². The summed E-state index contributed by atoms with van der Waals surface area (Å²) >= 11 is 0. The lowest BCUT2D eigenvalue weighted by Gasteiger charge is -2.34. The Balaban J connectivity index is 2.01. The molecule has 1 saturated carbocycles. The molecule has 2 heterocycles. The van der Waals surface area contributed by atoms with Crippen LogP contribution in [0.2, 0.25) is 0 Å². The molecule has 1 aromatic heterocycles. The summed E-state index contributed by atoms with van der Waals surface area (Å²) < 4.78 is 6.40. The number of unbranched alkanes of at least 4 members (excludes halogenated alkanes) is 3. The van der Waals surface area contributed by atoms with Crippen LogP contribution in [0.1, 0.15) is 117 Å². The molecule has 1 aliphatic heterocycles. The van der Waals surface area contributed by atoms with Gasteiger partial charge in [0, 0.05) is 38.8 Å². The average molecular weight is 773 g/mol. The van der Waals surface area contributed by atoms with E-state index < -0.39 is 65.9 Å². The first-order valence-corrected chi connectivity index (χ1v) is 20.5. The van der Waals surface area contributed by atoms with Crippen molar-refractivity contribution < 1.29 is 28.7 Å². The van der Waals surface area contributed by atoms with E-state index in [1.165, 1.54) is 11.2 Å². The first kappa shape index (κ1) is 45.5. The van der Waals surface area contributed by atoms with E-state index in [0.717, 1.165) is 64.2 Å². The number of carbonyl (C=O) groups is 5. The minimum Gasteiger partial charge on any atom is -0.375 e. The highest BCUT2D eigenvalue weighted by Crippen LogP contribution is 2.27. The van der Waals surface area contributed by atoms with Crippen molar-refractivity contribution in [2.45, 2.75) is 154 Å². The molecule has 3 rings (SSSR count). The van der Waals surface area contributed by atoms with Crippen LogP contribution >= 0.6 is 0 Å². The number of ether oxygens (including phenoxy) is 1. The Bertz CT molecular complexity index is 1380. The van der Waals surface area contributed by atoms with E-state index in [0.29, 0.717) is 30.8 Å². The van der Waals surface area contributed by atoms with Gasteiger partial charge in [0.15, 0.2) is 0 Å². The summed E-state index contributed by atoms with van der Waals surface area (Å²) in [6, 6.07) is -2.95. The molecule has 310 valence electrons. The van der Waals surface area contributed by atoms with Gasteiger partial charge in [0.05, 0.1) is 24.3 Å². The van der Waals surface area contributed by atoms with Crippen LogP contribution in [0.3, 0.4) is 0 Å². The molecule has 9 N–H and O–H groups in total. The summed E-state index contributed by atoms with van der Waals surface area (Å²) in [6.07, 6.45) is 11.8. The number of nitrogens with two attached hydrogens (primary N) is 2. The Kier molecular flexibility index (Phi) is 19.8. The maximum absolute atomic E-state index is 14.2. The van der Waals surface area contributed by atoms with Gasteiger partial charge in [-0.3, -0.25) is 24.0 Å². The van der Waals surface area contributed by atoms with Crippen LogP contribution in [0.4, 0.5) is 5.82 Å². The molecule has 0 spiro atoms. The Morgan fingerprint density at radius 1 is 0.818 bits per heavy atom. The summed E-state index contributed by atoms with van der Waals surface area (Å²) in [6.45, 7) is 7.68. The highest BCUT2D eigenvalue weighted by Gasteiger charge is 2.38. The molecule has 2 aliphatic rings. The third-order valence-electron chi connectivity index (χ3n) is 10.8. The number of nitrogens with one attached hydrogen (secondary N) is 5. The van der Waals surface area contributed by atoms with Gasteiger partial charge in [0.1, 0.15) is 36.3 Å². The SMILES string of the molecule is CCCCCC[C@H]1OC[C@@H](C)NC(=O)[C@H](CNc2cc(CN)ncn2)NC(=O)[C@H](CN)NC(=O)[C@H](C2CCCCCC2)NC(=O)[C@H](CCC)N(C)C(=O)[C@@H]1C. The lowest BCUT2D eigenvalue weighted by atomic mass is 9.90. The molecule has 0 radical (unpaired) electrons. The van der Waals surface area contributed by atoms with E-state index in [9.17, 15) is 24.0 Å². The van der Waals surface area contributed by atoms with Gasteiger partial charge in [-0.15, -0.1) is 0 Å². The van der Waals surface area contributed by atoms with Crippen molar-refractivity contribution in [3.8, 4) is 0 Å². The fourth-order valence-corrected chi connectivity index (χ4v) is 7.39. The van der Waals surface area contributed by atoms with Crippen molar-refractivity contribution in [2.24, 2.45) is 23.3 Å². The number of hydrogen-bond donors (Lipinski definition) is 7. The predicted octanol–water partition coefficient (Wildman–Crippen LogP) is 1.87. The number of hydrogen-bond acceptors (Lipinski definition) is 11. The monoisotopic (exact) mass is 773 g/mol. The largest absolute Gasteiger partial charge is 0.375 e. The van der Waals surface area contributed by atoms with Crippen molar-refractivity contribution >= 4 is 35.4 Å². The minimum absolute atomic E-state index is 0.0606. The van der Waals surface area contributed by atoms with Crippen LogP contribution in [-0.4, -0.2) is 107 Å². The van der Waals surface area contributed by atoms with E-state index in [4.69, 9.17) is 16.2 Å². The minimum atomic E-state index is -1.20. The smallest absolute Gasteiger partial charge is 0.244 e. The number of nitrogens with zero attached hydrogens (tertiary/aromatic N) is 3. The van der Waals surface area contributed by atoms with Gasteiger partial charge in [-0.2, -0.15) is 0 Å². The highest BCUT2D eigenvalue weighted by molar-refractivity contribution is 5.96. The maximum atomic E-state index is 14.2. The first-order chi connectivity index (χ1) is 26.4. The molecule has 1 aliphatic carbocycles. The third-order valence-corrected chi connectivity index (χ3v) is 10.8. The zero-order valence-corrected chi connectivity index (χ0v) is 33.7. The molecule has 1 saturated heterocycles. The topological polar surface area (TPSA) is 236 Å². The quantitative estimate of drug-likeness (QED) is 0.113. The third kappa shape index (κ3) is 14.3. The highest BCUT2D eigenvalue weighted by atomic mass is 16.5. The van der Waals surface area contributed by atoms with Crippen LogP contribution in [0.15, 0.2) is 12.4 Å². The van der Waals surface area contributed by atoms with E-state index in [1.54, 1.807) is 20.0 Å². The van der Waals surface area contributed by atoms with Crippen LogP contribution in [0.5, 0.6) is 0 Å². The fraction of sp³-hybridized carbons (Fsp3) is 0.769. The lowest BCUT2D eigenvalue weighted by molar-refractivity contribution is -0.147. The van der Waals surface area contributed by atoms with Gasteiger partial charge in [0.25, 0.3) is 0 Å². The zero-order chi connectivity index (χ0) is 40.3. The van der Waals surface area contributed by atoms with Gasteiger partial charge >= 0.3 is 0 Å². The molecule has 0 aromatic carbocycles. The van der Waals surface area contributed by atoms with Crippen molar-refractivity contribution in [2.75, 3.05) is 32.1 Å². The summed E-state index contributed by atoms with van der Waals surface area (Å²) in [5.74, 6) is -2.70. The Hall–Kier alpha value is -3.89. The van der Waals surface area contributed by atoms with Crippen LogP contribution < -0.4 is 38.1 Å². The molecular formula is C39H68N10O6. The normalized spacial score (nSPS) is 27.4. The zero-order valence-electron chi connectivity index (χ0n) is 33.7. The van der Waals surface area contributed by atoms with E-state index >= 15 is 0 Å². The van der Waals surface area contributed by atoms with Gasteiger partial charge in [0.2, 0.25) is 29.5 Å². The van der Waals surface area contributed by atoms with Gasteiger partial charge in [-0.05, 0) is 38.5 Å². The molecule has 0 bridgehead atoms. The Labute approximate surface area is 327 Å². The summed E-state index contributed by atoms with van der Waals surface area (Å²) in [4.78, 5) is 80.0. The van der Waals surface area contributed by atoms with Gasteiger partial charge < -0.3 is 47.7 Å². The summed E-state index contributed by atoms with van der Waals surface area (Å²) in [5.41, 5.74) is 12.4.